The maximum absolute atomic E-state index is 5.33. The molecule has 0 bridgehead atoms. The van der Waals surface area contributed by atoms with Crippen LogP contribution in [0.5, 0.6) is 0 Å². The van der Waals surface area contributed by atoms with Crippen molar-refractivity contribution in [3.8, 4) is 22.4 Å². The summed E-state index contributed by atoms with van der Waals surface area (Å²) in [7, 11) is 0. The Morgan fingerprint density at radius 1 is 0.525 bits per heavy atom. The van der Waals surface area contributed by atoms with Crippen molar-refractivity contribution in [2.45, 2.75) is 0 Å². The van der Waals surface area contributed by atoms with E-state index in [0.717, 1.165) is 39.5 Å². The van der Waals surface area contributed by atoms with Gasteiger partial charge in [0, 0.05) is 36.7 Å². The predicted molar refractivity (Wildman–Crippen MR) is 169 cm³/mol. The number of anilines is 3. The maximum Gasteiger partial charge on any atom is 0.165 e. The molecular formula is C36H21N3S. The molecule has 0 spiro atoms. The van der Waals surface area contributed by atoms with Gasteiger partial charge in [0.05, 0.1) is 22.4 Å². The van der Waals surface area contributed by atoms with Gasteiger partial charge in [-0.15, -0.1) is 11.3 Å². The summed E-state index contributed by atoms with van der Waals surface area (Å²) in [4.78, 5) is 12.9. The van der Waals surface area contributed by atoms with Crippen LogP contribution in [0.15, 0.2) is 127 Å². The first kappa shape index (κ1) is 21.8. The average molecular weight is 528 g/mol. The summed E-state index contributed by atoms with van der Waals surface area (Å²) in [5.41, 5.74) is 8.40. The zero-order valence-electron chi connectivity index (χ0n) is 21.4. The van der Waals surface area contributed by atoms with E-state index in [2.05, 4.69) is 114 Å². The highest BCUT2D eigenvalue weighted by Gasteiger charge is 2.29. The van der Waals surface area contributed by atoms with Gasteiger partial charge in [0.2, 0.25) is 0 Å². The fourth-order valence-electron chi connectivity index (χ4n) is 6.20. The molecule has 8 aromatic rings. The molecule has 40 heavy (non-hydrogen) atoms. The highest BCUT2D eigenvalue weighted by atomic mass is 32.1. The van der Waals surface area contributed by atoms with Crippen molar-refractivity contribution in [1.29, 1.82) is 0 Å². The summed E-state index contributed by atoms with van der Waals surface area (Å²) < 4.78 is 2.58. The minimum atomic E-state index is 0.840. The molecule has 9 rings (SSSR count). The molecule has 3 nitrogen and oxygen atoms in total. The lowest BCUT2D eigenvalue weighted by Crippen LogP contribution is -2.17. The third-order valence-corrected chi connectivity index (χ3v) is 9.12. The lowest BCUT2D eigenvalue weighted by atomic mass is 9.91. The molecule has 3 heterocycles. The number of rotatable bonds is 2. The molecule has 1 aliphatic heterocycles. The van der Waals surface area contributed by atoms with Gasteiger partial charge in [-0.1, -0.05) is 84.9 Å². The molecule has 0 N–H and O–H groups in total. The molecule has 0 aliphatic carbocycles. The second-order valence-corrected chi connectivity index (χ2v) is 11.3. The first-order chi connectivity index (χ1) is 19.8. The van der Waals surface area contributed by atoms with E-state index in [-0.39, 0.29) is 0 Å². The van der Waals surface area contributed by atoms with E-state index in [9.17, 15) is 0 Å². The van der Waals surface area contributed by atoms with E-state index in [4.69, 9.17) is 9.97 Å². The molecule has 0 atom stereocenters. The van der Waals surface area contributed by atoms with Crippen LogP contribution in [0.1, 0.15) is 0 Å². The van der Waals surface area contributed by atoms with E-state index in [1.165, 1.54) is 42.1 Å². The summed E-state index contributed by atoms with van der Waals surface area (Å²) in [5, 5.41) is 4.99. The van der Waals surface area contributed by atoms with Crippen LogP contribution >= 0.6 is 11.3 Å². The van der Waals surface area contributed by atoms with Crippen LogP contribution in [0, 0.1) is 0 Å². The third-order valence-electron chi connectivity index (χ3n) is 7.97. The smallest absolute Gasteiger partial charge is 0.165 e. The zero-order valence-corrected chi connectivity index (χ0v) is 22.2. The third kappa shape index (κ3) is 3.05. The molecule has 186 valence electrons. The molecule has 6 aromatic carbocycles. The number of thiophene rings is 1. The van der Waals surface area contributed by atoms with E-state index in [0.29, 0.717) is 0 Å². The lowest BCUT2D eigenvalue weighted by molar-refractivity contribution is 1.18. The Morgan fingerprint density at radius 2 is 1.23 bits per heavy atom. The molecule has 0 saturated carbocycles. The summed E-state index contributed by atoms with van der Waals surface area (Å²) in [6, 6.07) is 45.3. The molecular weight excluding hydrogens is 506 g/mol. The van der Waals surface area contributed by atoms with E-state index < -0.39 is 0 Å². The average Bonchev–Trinajstić information content (AvgIpc) is 3.39. The van der Waals surface area contributed by atoms with Crippen molar-refractivity contribution in [1.82, 2.24) is 9.97 Å². The zero-order chi connectivity index (χ0) is 26.2. The topological polar surface area (TPSA) is 29.0 Å². The van der Waals surface area contributed by atoms with Gasteiger partial charge in [-0.25, -0.2) is 9.97 Å². The Morgan fingerprint density at radius 3 is 2.15 bits per heavy atom. The summed E-state index contributed by atoms with van der Waals surface area (Å²) in [6.07, 6.45) is 0. The highest BCUT2D eigenvalue weighted by Crippen LogP contribution is 2.52. The fourth-order valence-corrected chi connectivity index (χ4v) is 7.29. The van der Waals surface area contributed by atoms with E-state index >= 15 is 0 Å². The van der Waals surface area contributed by atoms with Gasteiger partial charge in [-0.05, 0) is 53.4 Å². The van der Waals surface area contributed by atoms with Crippen molar-refractivity contribution in [2.24, 2.45) is 0 Å². The first-order valence-corrected chi connectivity index (χ1v) is 14.2. The van der Waals surface area contributed by atoms with Crippen LogP contribution in [-0.2, 0) is 0 Å². The van der Waals surface area contributed by atoms with Gasteiger partial charge >= 0.3 is 0 Å². The standard InChI is InChI=1S/C36H21N3S/c1-5-16-30-24(11-1)26-13-7-9-22-10-8-17-31(34(22)26)39(30)36-35(37-28-14-3-4-15-29(28)38-36)23-19-20-33-27(21-23)25-12-2-6-18-32(25)40-33/h1-21H. The lowest BCUT2D eigenvalue weighted by Gasteiger charge is -2.33. The van der Waals surface area contributed by atoms with Crippen molar-refractivity contribution < 1.29 is 0 Å². The molecule has 4 heteroatoms. The van der Waals surface area contributed by atoms with Crippen LogP contribution in [0.2, 0.25) is 0 Å². The number of para-hydroxylation sites is 3. The highest BCUT2D eigenvalue weighted by molar-refractivity contribution is 7.25. The normalized spacial score (nSPS) is 12.4. The fraction of sp³-hybridized carbons (Fsp3) is 0. The van der Waals surface area contributed by atoms with Crippen LogP contribution in [0.25, 0.3) is 64.4 Å². The summed E-state index contributed by atoms with van der Waals surface area (Å²) in [5.74, 6) is 0.840. The Hall–Kier alpha value is -5.06. The van der Waals surface area contributed by atoms with E-state index in [1.54, 1.807) is 0 Å². The van der Waals surface area contributed by atoms with E-state index in [1.807, 2.05) is 29.5 Å². The number of hydrogen-bond acceptors (Lipinski definition) is 4. The SMILES string of the molecule is c1ccc2c(c1)-c1cccc3cccc(c13)N2c1nc2ccccc2nc1-c1ccc2sc3ccccc3c2c1. The molecule has 0 radical (unpaired) electrons. The van der Waals surface area contributed by atoms with Gasteiger partial charge in [-0.3, -0.25) is 4.90 Å². The monoisotopic (exact) mass is 527 g/mol. The molecule has 2 aromatic heterocycles. The summed E-state index contributed by atoms with van der Waals surface area (Å²) in [6.45, 7) is 0. The Kier molecular flexibility index (Phi) is 4.48. The quantitative estimate of drug-likeness (QED) is 0.224. The number of hydrogen-bond donors (Lipinski definition) is 0. The largest absolute Gasteiger partial charge is 0.292 e. The van der Waals surface area contributed by atoms with Crippen LogP contribution in [0.4, 0.5) is 17.2 Å². The van der Waals surface area contributed by atoms with Crippen LogP contribution in [-0.4, -0.2) is 9.97 Å². The Balaban J connectivity index is 1.39. The summed E-state index contributed by atoms with van der Waals surface area (Å²) >= 11 is 1.83. The Bertz CT molecular complexity index is 2290. The van der Waals surface area contributed by atoms with Gasteiger partial charge in [0.1, 0.15) is 5.69 Å². The van der Waals surface area contributed by atoms with Crippen molar-refractivity contribution in [3.05, 3.63) is 127 Å². The minimum absolute atomic E-state index is 0.840. The first-order valence-electron chi connectivity index (χ1n) is 13.4. The van der Waals surface area contributed by atoms with Crippen LogP contribution in [0.3, 0.4) is 0 Å². The van der Waals surface area contributed by atoms with Gasteiger partial charge < -0.3 is 0 Å². The van der Waals surface area contributed by atoms with Gasteiger partial charge in [0.25, 0.3) is 0 Å². The minimum Gasteiger partial charge on any atom is -0.292 e. The van der Waals surface area contributed by atoms with Crippen molar-refractivity contribution in [2.75, 3.05) is 4.90 Å². The van der Waals surface area contributed by atoms with Gasteiger partial charge in [0.15, 0.2) is 5.82 Å². The molecule has 0 saturated heterocycles. The molecule has 1 aliphatic rings. The number of fused-ring (bicyclic) bond motifs is 6. The second kappa shape index (κ2) is 8.22. The maximum atomic E-state index is 5.33. The Labute approximate surface area is 234 Å². The molecule has 0 amide bonds. The van der Waals surface area contributed by atoms with Crippen molar-refractivity contribution >= 4 is 70.5 Å². The van der Waals surface area contributed by atoms with Gasteiger partial charge in [-0.2, -0.15) is 0 Å². The molecule has 0 unspecified atom stereocenters. The second-order valence-electron chi connectivity index (χ2n) is 10.2. The predicted octanol–water partition coefficient (Wildman–Crippen LogP) is 10.3. The van der Waals surface area contributed by atoms with Crippen LogP contribution < -0.4 is 4.90 Å². The number of nitrogens with zero attached hydrogens (tertiary/aromatic N) is 3. The number of benzene rings is 6. The van der Waals surface area contributed by atoms with Crippen molar-refractivity contribution in [3.63, 3.8) is 0 Å². The molecule has 0 fully saturated rings. The number of aromatic nitrogens is 2.